The zero-order valence-electron chi connectivity index (χ0n) is 11.1. The number of rotatable bonds is 4. The number of carbonyl (C=O) groups is 1. The van der Waals surface area contributed by atoms with Crippen LogP contribution in [0.5, 0.6) is 5.75 Å². The van der Waals surface area contributed by atoms with Gasteiger partial charge >= 0.3 is 0 Å². The number of carbonyl (C=O) groups excluding carboxylic acids is 1. The molecule has 1 saturated heterocycles. The maximum Gasteiger partial charge on any atom is 0.222 e. The molecule has 104 valence electrons. The number of phenolic OH excluding ortho intramolecular Hbond substituents is 1. The Balaban J connectivity index is 1.85. The van der Waals surface area contributed by atoms with E-state index < -0.39 is 0 Å². The van der Waals surface area contributed by atoms with E-state index in [-0.39, 0.29) is 11.7 Å². The van der Waals surface area contributed by atoms with E-state index in [1.54, 1.807) is 12.1 Å². The van der Waals surface area contributed by atoms with Crippen molar-refractivity contribution >= 4 is 11.6 Å². The highest BCUT2D eigenvalue weighted by Gasteiger charge is 2.20. The summed E-state index contributed by atoms with van der Waals surface area (Å²) in [7, 11) is 0. The van der Waals surface area contributed by atoms with E-state index in [4.69, 9.17) is 5.73 Å². The number of piperazine rings is 1. The summed E-state index contributed by atoms with van der Waals surface area (Å²) in [5.41, 5.74) is 6.51. The van der Waals surface area contributed by atoms with Crippen LogP contribution in [0.4, 0.5) is 5.69 Å². The molecule has 1 aliphatic heterocycles. The van der Waals surface area contributed by atoms with Crippen LogP contribution >= 0.6 is 0 Å². The van der Waals surface area contributed by atoms with Gasteiger partial charge in [0.2, 0.25) is 5.91 Å². The second kappa shape index (κ2) is 6.43. The standard InChI is InChI=1S/C14H21N3O2/c15-7-1-2-14(19)17-10-8-16(9-11-17)12-3-5-13(18)6-4-12/h3-6,18H,1-2,7-11,15H2. The maximum atomic E-state index is 11.9. The quantitative estimate of drug-likeness (QED) is 0.842. The van der Waals surface area contributed by atoms with Crippen molar-refractivity contribution in [2.24, 2.45) is 5.73 Å². The van der Waals surface area contributed by atoms with E-state index in [0.717, 1.165) is 38.3 Å². The molecule has 3 N–H and O–H groups in total. The lowest BCUT2D eigenvalue weighted by molar-refractivity contribution is -0.131. The first kappa shape index (κ1) is 13.7. The van der Waals surface area contributed by atoms with Crippen LogP contribution in [0.3, 0.4) is 0 Å². The van der Waals surface area contributed by atoms with E-state index >= 15 is 0 Å². The molecule has 1 amide bonds. The zero-order valence-corrected chi connectivity index (χ0v) is 11.1. The molecule has 19 heavy (non-hydrogen) atoms. The van der Waals surface area contributed by atoms with E-state index in [0.29, 0.717) is 13.0 Å². The average Bonchev–Trinajstić information content (AvgIpc) is 2.46. The van der Waals surface area contributed by atoms with Gasteiger partial charge < -0.3 is 20.6 Å². The Morgan fingerprint density at radius 1 is 1.16 bits per heavy atom. The highest BCUT2D eigenvalue weighted by Crippen LogP contribution is 2.19. The van der Waals surface area contributed by atoms with Crippen LogP contribution in [0.25, 0.3) is 0 Å². The second-order valence-corrected chi connectivity index (χ2v) is 4.78. The van der Waals surface area contributed by atoms with Gasteiger partial charge in [0, 0.05) is 38.3 Å². The Kier molecular flexibility index (Phi) is 4.63. The van der Waals surface area contributed by atoms with Crippen molar-refractivity contribution in [3.05, 3.63) is 24.3 Å². The molecule has 0 atom stereocenters. The smallest absolute Gasteiger partial charge is 0.222 e. The van der Waals surface area contributed by atoms with Gasteiger partial charge in [0.15, 0.2) is 0 Å². The fourth-order valence-corrected chi connectivity index (χ4v) is 2.29. The zero-order chi connectivity index (χ0) is 13.7. The van der Waals surface area contributed by atoms with Crippen molar-refractivity contribution in [2.45, 2.75) is 12.8 Å². The minimum absolute atomic E-state index is 0.204. The largest absolute Gasteiger partial charge is 0.508 e. The number of phenols is 1. The minimum Gasteiger partial charge on any atom is -0.508 e. The van der Waals surface area contributed by atoms with Crippen LogP contribution in [0.2, 0.25) is 0 Å². The summed E-state index contributed by atoms with van der Waals surface area (Å²) < 4.78 is 0. The molecule has 1 aliphatic rings. The Hall–Kier alpha value is -1.75. The molecule has 1 aromatic carbocycles. The van der Waals surface area contributed by atoms with Crippen molar-refractivity contribution < 1.29 is 9.90 Å². The van der Waals surface area contributed by atoms with Crippen LogP contribution < -0.4 is 10.6 Å². The van der Waals surface area contributed by atoms with Crippen LogP contribution in [0, 0.1) is 0 Å². The van der Waals surface area contributed by atoms with Gasteiger partial charge in [0.1, 0.15) is 5.75 Å². The van der Waals surface area contributed by atoms with Crippen LogP contribution in [0.1, 0.15) is 12.8 Å². The van der Waals surface area contributed by atoms with Crippen LogP contribution in [0.15, 0.2) is 24.3 Å². The summed E-state index contributed by atoms with van der Waals surface area (Å²) in [6, 6.07) is 7.19. The van der Waals surface area contributed by atoms with Gasteiger partial charge in [-0.15, -0.1) is 0 Å². The predicted molar refractivity (Wildman–Crippen MR) is 75.2 cm³/mol. The van der Waals surface area contributed by atoms with Crippen molar-refractivity contribution in [1.82, 2.24) is 4.90 Å². The molecule has 0 radical (unpaired) electrons. The first-order valence-corrected chi connectivity index (χ1v) is 6.72. The Bertz CT molecular complexity index is 411. The number of nitrogens with zero attached hydrogens (tertiary/aromatic N) is 2. The fraction of sp³-hybridized carbons (Fsp3) is 0.500. The lowest BCUT2D eigenvalue weighted by atomic mass is 10.2. The van der Waals surface area contributed by atoms with Crippen molar-refractivity contribution in [2.75, 3.05) is 37.6 Å². The monoisotopic (exact) mass is 263 g/mol. The first-order chi connectivity index (χ1) is 9.20. The maximum absolute atomic E-state index is 11.9. The van der Waals surface area contributed by atoms with Crippen molar-refractivity contribution in [3.63, 3.8) is 0 Å². The molecule has 1 fully saturated rings. The summed E-state index contributed by atoms with van der Waals surface area (Å²) in [5, 5.41) is 9.27. The molecular weight excluding hydrogens is 242 g/mol. The van der Waals surface area contributed by atoms with Crippen LogP contribution in [-0.2, 0) is 4.79 Å². The number of hydrogen-bond acceptors (Lipinski definition) is 4. The van der Waals surface area contributed by atoms with E-state index in [9.17, 15) is 9.90 Å². The first-order valence-electron chi connectivity index (χ1n) is 6.72. The SMILES string of the molecule is NCCCC(=O)N1CCN(c2ccc(O)cc2)CC1. The topological polar surface area (TPSA) is 69.8 Å². The number of benzene rings is 1. The third kappa shape index (κ3) is 3.61. The number of hydrogen-bond donors (Lipinski definition) is 2. The average molecular weight is 263 g/mol. The minimum atomic E-state index is 0.204. The molecule has 0 bridgehead atoms. The number of anilines is 1. The van der Waals surface area contributed by atoms with Gasteiger partial charge in [-0.2, -0.15) is 0 Å². The summed E-state index contributed by atoms with van der Waals surface area (Å²) in [5.74, 6) is 0.482. The van der Waals surface area contributed by atoms with Gasteiger partial charge in [-0.1, -0.05) is 0 Å². The summed E-state index contributed by atoms with van der Waals surface area (Å²) in [6.07, 6.45) is 1.31. The molecule has 2 rings (SSSR count). The summed E-state index contributed by atoms with van der Waals surface area (Å²) in [6.45, 7) is 3.74. The van der Waals surface area contributed by atoms with Crippen molar-refractivity contribution in [1.29, 1.82) is 0 Å². The molecule has 0 unspecified atom stereocenters. The Morgan fingerprint density at radius 3 is 2.37 bits per heavy atom. The lowest BCUT2D eigenvalue weighted by Gasteiger charge is -2.36. The Morgan fingerprint density at radius 2 is 1.79 bits per heavy atom. The van der Waals surface area contributed by atoms with E-state index in [1.165, 1.54) is 0 Å². The molecule has 0 saturated carbocycles. The van der Waals surface area contributed by atoms with Crippen molar-refractivity contribution in [3.8, 4) is 5.75 Å². The number of amides is 1. The van der Waals surface area contributed by atoms with E-state index in [1.807, 2.05) is 17.0 Å². The third-order valence-corrected chi connectivity index (χ3v) is 3.44. The third-order valence-electron chi connectivity index (χ3n) is 3.44. The fourth-order valence-electron chi connectivity index (χ4n) is 2.29. The molecule has 1 aromatic rings. The highest BCUT2D eigenvalue weighted by molar-refractivity contribution is 5.76. The predicted octanol–water partition coefficient (Wildman–Crippen LogP) is 0.780. The number of aromatic hydroxyl groups is 1. The number of nitrogens with two attached hydrogens (primary N) is 1. The summed E-state index contributed by atoms with van der Waals surface area (Å²) >= 11 is 0. The molecule has 0 aromatic heterocycles. The molecule has 0 aliphatic carbocycles. The van der Waals surface area contributed by atoms with E-state index in [2.05, 4.69) is 4.90 Å². The molecular formula is C14H21N3O2. The molecule has 5 nitrogen and oxygen atoms in total. The summed E-state index contributed by atoms with van der Waals surface area (Å²) in [4.78, 5) is 16.0. The Labute approximate surface area is 113 Å². The van der Waals surface area contributed by atoms with Gasteiger partial charge in [-0.05, 0) is 37.2 Å². The van der Waals surface area contributed by atoms with Gasteiger partial charge in [-0.25, -0.2) is 0 Å². The van der Waals surface area contributed by atoms with Crippen LogP contribution in [-0.4, -0.2) is 48.6 Å². The lowest BCUT2D eigenvalue weighted by Crippen LogP contribution is -2.48. The molecule has 0 spiro atoms. The highest BCUT2D eigenvalue weighted by atomic mass is 16.3. The van der Waals surface area contributed by atoms with Gasteiger partial charge in [0.25, 0.3) is 0 Å². The molecule has 5 heteroatoms. The van der Waals surface area contributed by atoms with Gasteiger partial charge in [-0.3, -0.25) is 4.79 Å². The van der Waals surface area contributed by atoms with Gasteiger partial charge in [0.05, 0.1) is 0 Å². The second-order valence-electron chi connectivity index (χ2n) is 4.78. The normalized spacial score (nSPS) is 15.6. The molecule has 1 heterocycles.